The first kappa shape index (κ1) is 12.0. The molecule has 1 aliphatic heterocycles. The molecule has 1 aromatic rings. The molecule has 1 fully saturated rings. The van der Waals surface area contributed by atoms with Gasteiger partial charge < -0.3 is 5.32 Å². The average molecular weight is 287 g/mol. The molecule has 0 unspecified atom stereocenters. The maximum Gasteiger partial charge on any atom is 0.124 e. The Morgan fingerprint density at radius 3 is 3.06 bits per heavy atom. The van der Waals surface area contributed by atoms with Gasteiger partial charge in [-0.1, -0.05) is 22.0 Å². The molecule has 1 aliphatic rings. The lowest BCUT2D eigenvalue weighted by Crippen LogP contribution is -2.48. The molecule has 88 valence electrons. The minimum Gasteiger partial charge on any atom is -0.312 e. The monoisotopic (exact) mass is 286 g/mol. The predicted molar refractivity (Wildman–Crippen MR) is 66.8 cm³/mol. The van der Waals surface area contributed by atoms with Crippen LogP contribution >= 0.6 is 15.9 Å². The Bertz CT molecular complexity index is 370. The van der Waals surface area contributed by atoms with Crippen molar-refractivity contribution in [2.24, 2.45) is 0 Å². The van der Waals surface area contributed by atoms with E-state index in [1.165, 1.54) is 12.1 Å². The van der Waals surface area contributed by atoms with Crippen molar-refractivity contribution in [3.8, 4) is 0 Å². The van der Waals surface area contributed by atoms with Crippen LogP contribution in [0.4, 0.5) is 4.39 Å². The van der Waals surface area contributed by atoms with Crippen molar-refractivity contribution in [1.82, 2.24) is 10.2 Å². The summed E-state index contributed by atoms with van der Waals surface area (Å²) in [4.78, 5) is 2.39. The minimum absolute atomic E-state index is 0.190. The lowest BCUT2D eigenvalue weighted by Gasteiger charge is -2.32. The maximum absolute atomic E-state index is 12.9. The van der Waals surface area contributed by atoms with Crippen LogP contribution in [-0.2, 0) is 6.54 Å². The number of piperazine rings is 1. The van der Waals surface area contributed by atoms with Gasteiger partial charge in [0.25, 0.3) is 0 Å². The molecule has 0 saturated carbocycles. The van der Waals surface area contributed by atoms with Crippen molar-refractivity contribution in [3.63, 3.8) is 0 Å². The topological polar surface area (TPSA) is 15.3 Å². The highest BCUT2D eigenvalue weighted by molar-refractivity contribution is 9.10. The summed E-state index contributed by atoms with van der Waals surface area (Å²) in [6, 6.07) is 5.44. The van der Waals surface area contributed by atoms with Gasteiger partial charge in [0.1, 0.15) is 5.82 Å². The number of halogens is 2. The first-order valence-corrected chi connectivity index (χ1v) is 6.34. The van der Waals surface area contributed by atoms with Gasteiger partial charge in [-0.05, 0) is 24.6 Å². The van der Waals surface area contributed by atoms with Crippen LogP contribution in [-0.4, -0.2) is 30.6 Å². The fraction of sp³-hybridized carbons (Fsp3) is 0.500. The quantitative estimate of drug-likeness (QED) is 0.898. The summed E-state index contributed by atoms with van der Waals surface area (Å²) in [6.45, 7) is 6.19. The van der Waals surface area contributed by atoms with Crippen molar-refractivity contribution >= 4 is 15.9 Å². The summed E-state index contributed by atoms with van der Waals surface area (Å²) >= 11 is 3.41. The highest BCUT2D eigenvalue weighted by Crippen LogP contribution is 2.20. The van der Waals surface area contributed by atoms with Gasteiger partial charge in [-0.25, -0.2) is 4.39 Å². The number of hydrogen-bond donors (Lipinski definition) is 1. The van der Waals surface area contributed by atoms with Gasteiger partial charge in [-0.15, -0.1) is 0 Å². The van der Waals surface area contributed by atoms with Crippen molar-refractivity contribution in [1.29, 1.82) is 0 Å². The molecule has 1 N–H and O–H groups in total. The zero-order valence-corrected chi connectivity index (χ0v) is 10.9. The Labute approximate surface area is 104 Å². The lowest BCUT2D eigenvalue weighted by molar-refractivity contribution is 0.199. The van der Waals surface area contributed by atoms with Gasteiger partial charge >= 0.3 is 0 Å². The molecule has 1 aromatic carbocycles. The number of nitrogens with zero attached hydrogens (tertiary/aromatic N) is 1. The van der Waals surface area contributed by atoms with Gasteiger partial charge in [0.15, 0.2) is 0 Å². The van der Waals surface area contributed by atoms with Crippen molar-refractivity contribution in [3.05, 3.63) is 34.1 Å². The summed E-state index contributed by atoms with van der Waals surface area (Å²) in [7, 11) is 0. The molecule has 0 aliphatic carbocycles. The minimum atomic E-state index is -0.190. The Morgan fingerprint density at radius 2 is 2.38 bits per heavy atom. The largest absolute Gasteiger partial charge is 0.312 e. The summed E-state index contributed by atoms with van der Waals surface area (Å²) in [5.41, 5.74) is 1.15. The van der Waals surface area contributed by atoms with E-state index in [1.807, 2.05) is 6.07 Å². The van der Waals surface area contributed by atoms with Crippen molar-refractivity contribution in [2.75, 3.05) is 19.6 Å². The summed E-state index contributed by atoms with van der Waals surface area (Å²) in [5.74, 6) is -0.190. The highest BCUT2D eigenvalue weighted by Gasteiger charge is 2.16. The Hall–Kier alpha value is -0.450. The summed E-state index contributed by atoms with van der Waals surface area (Å²) in [5, 5.41) is 3.41. The Kier molecular flexibility index (Phi) is 3.95. The van der Waals surface area contributed by atoms with Gasteiger partial charge in [-0.2, -0.15) is 0 Å². The van der Waals surface area contributed by atoms with Gasteiger partial charge in [0.2, 0.25) is 0 Å². The predicted octanol–water partition coefficient (Wildman–Crippen LogP) is 2.38. The molecule has 0 radical (unpaired) electrons. The number of nitrogens with one attached hydrogen (secondary N) is 1. The Morgan fingerprint density at radius 1 is 1.56 bits per heavy atom. The molecule has 1 heterocycles. The van der Waals surface area contributed by atoms with Crippen LogP contribution in [0.15, 0.2) is 22.7 Å². The van der Waals surface area contributed by atoms with E-state index in [2.05, 4.69) is 33.1 Å². The van der Waals surface area contributed by atoms with Crippen LogP contribution in [0.3, 0.4) is 0 Å². The summed E-state index contributed by atoms with van der Waals surface area (Å²) < 4.78 is 13.8. The zero-order chi connectivity index (χ0) is 11.5. The van der Waals surface area contributed by atoms with Crippen molar-refractivity contribution < 1.29 is 4.39 Å². The Balaban J connectivity index is 2.02. The maximum atomic E-state index is 12.9. The van der Waals surface area contributed by atoms with Crippen LogP contribution in [0.2, 0.25) is 0 Å². The third kappa shape index (κ3) is 3.03. The summed E-state index contributed by atoms with van der Waals surface area (Å²) in [6.07, 6.45) is 0. The fourth-order valence-corrected chi connectivity index (χ4v) is 2.52. The van der Waals surface area contributed by atoms with E-state index < -0.39 is 0 Å². The molecule has 16 heavy (non-hydrogen) atoms. The lowest BCUT2D eigenvalue weighted by atomic mass is 10.1. The first-order chi connectivity index (χ1) is 7.65. The third-order valence-electron chi connectivity index (χ3n) is 2.86. The van der Waals surface area contributed by atoms with Gasteiger partial charge in [0.05, 0.1) is 0 Å². The van der Waals surface area contributed by atoms with Crippen LogP contribution < -0.4 is 5.32 Å². The van der Waals surface area contributed by atoms with E-state index in [0.29, 0.717) is 6.04 Å². The van der Waals surface area contributed by atoms with Crippen molar-refractivity contribution in [2.45, 2.75) is 19.5 Å². The highest BCUT2D eigenvalue weighted by atomic mass is 79.9. The third-order valence-corrected chi connectivity index (χ3v) is 3.60. The van der Waals surface area contributed by atoms with Crippen LogP contribution in [0.5, 0.6) is 0 Å². The fourth-order valence-electron chi connectivity index (χ4n) is 2.05. The first-order valence-electron chi connectivity index (χ1n) is 5.55. The van der Waals surface area contributed by atoms with Crippen LogP contribution in [0, 0.1) is 5.82 Å². The van der Waals surface area contributed by atoms with E-state index in [0.717, 1.165) is 36.2 Å². The zero-order valence-electron chi connectivity index (χ0n) is 9.34. The second kappa shape index (κ2) is 5.25. The van der Waals surface area contributed by atoms with E-state index >= 15 is 0 Å². The molecular weight excluding hydrogens is 271 g/mol. The van der Waals surface area contributed by atoms with E-state index in [1.54, 1.807) is 0 Å². The second-order valence-electron chi connectivity index (χ2n) is 4.33. The number of benzene rings is 1. The SMILES string of the molecule is C[C@H]1CN(Cc2ccc(F)cc2Br)CCN1. The molecule has 0 bridgehead atoms. The van der Waals surface area contributed by atoms with Crippen LogP contribution in [0.1, 0.15) is 12.5 Å². The van der Waals surface area contributed by atoms with E-state index in [9.17, 15) is 4.39 Å². The molecule has 2 nitrogen and oxygen atoms in total. The van der Waals surface area contributed by atoms with Gasteiger partial charge in [-0.3, -0.25) is 4.90 Å². The average Bonchev–Trinajstić information content (AvgIpc) is 2.22. The van der Waals surface area contributed by atoms with Crippen LogP contribution in [0.25, 0.3) is 0 Å². The molecule has 1 atom stereocenters. The molecule has 0 amide bonds. The molecule has 1 saturated heterocycles. The molecule has 0 spiro atoms. The van der Waals surface area contributed by atoms with E-state index in [-0.39, 0.29) is 5.82 Å². The molecule has 4 heteroatoms. The van der Waals surface area contributed by atoms with E-state index in [4.69, 9.17) is 0 Å². The normalized spacial score (nSPS) is 22.3. The number of rotatable bonds is 2. The standard InChI is InChI=1S/C12H16BrFN2/c1-9-7-16(5-4-15-9)8-10-2-3-11(14)6-12(10)13/h2-3,6,9,15H,4-5,7-8H2,1H3/t9-/m0/s1. The molecule has 0 aromatic heterocycles. The smallest absolute Gasteiger partial charge is 0.124 e. The second-order valence-corrected chi connectivity index (χ2v) is 5.18. The molecular formula is C12H16BrFN2. The number of hydrogen-bond acceptors (Lipinski definition) is 2. The molecule has 2 rings (SSSR count). The van der Waals surface area contributed by atoms with Gasteiger partial charge in [0, 0.05) is 36.7 Å².